The first-order valence-corrected chi connectivity index (χ1v) is 7.36. The van der Waals surface area contributed by atoms with Crippen molar-refractivity contribution in [3.8, 4) is 0 Å². The Balaban J connectivity index is 0.00000288. The summed E-state index contributed by atoms with van der Waals surface area (Å²) in [6, 6.07) is 2.71. The number of rotatable bonds is 5. The zero-order chi connectivity index (χ0) is 17.0. The second-order valence-electron chi connectivity index (χ2n) is 5.35. The Bertz CT molecular complexity index is 583. The predicted octanol–water partition coefficient (Wildman–Crippen LogP) is 0.896. The molecule has 134 valence electrons. The van der Waals surface area contributed by atoms with Gasteiger partial charge >= 0.3 is 0 Å². The van der Waals surface area contributed by atoms with Crippen LogP contribution in [0.2, 0.25) is 0 Å². The summed E-state index contributed by atoms with van der Waals surface area (Å²) in [6.45, 7) is 1.96. The first kappa shape index (κ1) is 20.3. The molecular weight excluding hydrogens is 344 g/mol. The van der Waals surface area contributed by atoms with Gasteiger partial charge in [-0.15, -0.1) is 12.4 Å². The number of halogens is 3. The molecule has 0 aromatic heterocycles. The van der Waals surface area contributed by atoms with E-state index < -0.39 is 35.4 Å². The molecule has 6 nitrogen and oxygen atoms in total. The first-order valence-electron chi connectivity index (χ1n) is 7.36. The lowest BCUT2D eigenvalue weighted by atomic mass is 10.2. The van der Waals surface area contributed by atoms with Gasteiger partial charge in [0.05, 0.1) is 18.7 Å². The van der Waals surface area contributed by atoms with E-state index in [1.54, 1.807) is 6.92 Å². The van der Waals surface area contributed by atoms with E-state index in [-0.39, 0.29) is 37.8 Å². The van der Waals surface area contributed by atoms with Crippen LogP contribution in [0.5, 0.6) is 0 Å². The average Bonchev–Trinajstić information content (AvgIpc) is 2.94. The van der Waals surface area contributed by atoms with Gasteiger partial charge in [-0.25, -0.2) is 8.78 Å². The Labute approximate surface area is 144 Å². The highest BCUT2D eigenvalue weighted by Gasteiger charge is 2.31. The zero-order valence-corrected chi connectivity index (χ0v) is 13.9. The number of β-amino-alcohol motifs (C(OH)–C–C–N with tert-alkyl or cyclic N) is 1. The summed E-state index contributed by atoms with van der Waals surface area (Å²) >= 11 is 0. The topological polar surface area (TPSA) is 81.7 Å². The number of nitrogens with one attached hydrogen (secondary N) is 2. The molecule has 0 bridgehead atoms. The molecule has 0 aliphatic carbocycles. The summed E-state index contributed by atoms with van der Waals surface area (Å²) in [4.78, 5) is 25.5. The number of aliphatic hydroxyl groups is 1. The first-order chi connectivity index (χ1) is 10.9. The van der Waals surface area contributed by atoms with Crippen molar-refractivity contribution in [2.24, 2.45) is 0 Å². The number of anilines is 1. The van der Waals surface area contributed by atoms with Gasteiger partial charge in [-0.1, -0.05) is 6.07 Å². The molecule has 1 saturated heterocycles. The molecule has 0 saturated carbocycles. The molecule has 1 aromatic carbocycles. The summed E-state index contributed by atoms with van der Waals surface area (Å²) in [7, 11) is 0. The van der Waals surface area contributed by atoms with E-state index in [2.05, 4.69) is 10.6 Å². The minimum absolute atomic E-state index is 0. The third-order valence-corrected chi connectivity index (χ3v) is 3.66. The smallest absolute Gasteiger partial charge is 0.244 e. The van der Waals surface area contributed by atoms with Crippen LogP contribution < -0.4 is 10.6 Å². The van der Waals surface area contributed by atoms with Crippen molar-refractivity contribution in [3.05, 3.63) is 29.8 Å². The number of likely N-dealkylation sites (N-methyl/N-ethyl adjacent to an activating group) is 1. The summed E-state index contributed by atoms with van der Waals surface area (Å²) in [5.41, 5.74) is -0.532. The van der Waals surface area contributed by atoms with Crippen molar-refractivity contribution in [2.75, 3.05) is 25.0 Å². The van der Waals surface area contributed by atoms with E-state index in [1.165, 1.54) is 11.0 Å². The number of hydrogen-bond donors (Lipinski definition) is 3. The maximum absolute atomic E-state index is 13.5. The minimum Gasteiger partial charge on any atom is -0.392 e. The van der Waals surface area contributed by atoms with Crippen LogP contribution in [0, 0.1) is 11.6 Å². The van der Waals surface area contributed by atoms with Crippen molar-refractivity contribution in [3.63, 3.8) is 0 Å². The number of benzene rings is 1. The maximum atomic E-state index is 13.5. The lowest BCUT2D eigenvalue weighted by molar-refractivity contribution is -0.136. The molecule has 2 rings (SSSR count). The van der Waals surface area contributed by atoms with E-state index in [4.69, 9.17) is 0 Å². The van der Waals surface area contributed by atoms with Gasteiger partial charge in [0, 0.05) is 13.1 Å². The van der Waals surface area contributed by atoms with Crippen LogP contribution in [0.1, 0.15) is 13.3 Å². The Hall–Kier alpha value is -1.77. The molecular formula is C15H20ClF2N3O3. The van der Waals surface area contributed by atoms with Gasteiger partial charge in [0.2, 0.25) is 11.8 Å². The molecule has 0 radical (unpaired) electrons. The van der Waals surface area contributed by atoms with Gasteiger partial charge in [-0.05, 0) is 25.5 Å². The lowest BCUT2D eigenvalue weighted by Gasteiger charge is -2.23. The number of nitrogens with zero attached hydrogens (tertiary/aromatic N) is 1. The van der Waals surface area contributed by atoms with Crippen LogP contribution in [0.4, 0.5) is 14.5 Å². The van der Waals surface area contributed by atoms with Crippen LogP contribution in [-0.4, -0.2) is 53.6 Å². The lowest BCUT2D eigenvalue weighted by Crippen LogP contribution is -2.46. The number of amides is 2. The SMILES string of the molecule is CCN(CC(=O)Nc1c(F)cccc1F)C(=O)C1CC(O)CN1.Cl. The van der Waals surface area contributed by atoms with Crippen molar-refractivity contribution in [2.45, 2.75) is 25.5 Å². The van der Waals surface area contributed by atoms with E-state index in [9.17, 15) is 23.5 Å². The molecule has 24 heavy (non-hydrogen) atoms. The summed E-state index contributed by atoms with van der Waals surface area (Å²) in [6.07, 6.45) is -0.317. The van der Waals surface area contributed by atoms with Gasteiger partial charge in [-0.3, -0.25) is 9.59 Å². The molecule has 2 atom stereocenters. The van der Waals surface area contributed by atoms with Crippen molar-refractivity contribution >= 4 is 29.9 Å². The zero-order valence-electron chi connectivity index (χ0n) is 13.1. The van der Waals surface area contributed by atoms with E-state index in [1.807, 2.05) is 0 Å². The molecule has 2 amide bonds. The van der Waals surface area contributed by atoms with E-state index in [0.29, 0.717) is 6.54 Å². The van der Waals surface area contributed by atoms with Crippen molar-refractivity contribution < 1.29 is 23.5 Å². The number of para-hydroxylation sites is 1. The third kappa shape index (κ3) is 4.86. The maximum Gasteiger partial charge on any atom is 0.244 e. The summed E-state index contributed by atoms with van der Waals surface area (Å²) in [5.74, 6) is -2.78. The molecule has 1 aliphatic heterocycles. The quantitative estimate of drug-likeness (QED) is 0.726. The highest BCUT2D eigenvalue weighted by Crippen LogP contribution is 2.18. The van der Waals surface area contributed by atoms with E-state index in [0.717, 1.165) is 12.1 Å². The van der Waals surface area contributed by atoms with Crippen LogP contribution in [0.15, 0.2) is 18.2 Å². The highest BCUT2D eigenvalue weighted by atomic mass is 35.5. The van der Waals surface area contributed by atoms with Gasteiger partial charge < -0.3 is 20.6 Å². The predicted molar refractivity (Wildman–Crippen MR) is 86.9 cm³/mol. The van der Waals surface area contributed by atoms with Crippen LogP contribution in [0.3, 0.4) is 0 Å². The number of aliphatic hydroxyl groups excluding tert-OH is 1. The van der Waals surface area contributed by atoms with Gasteiger partial charge in [-0.2, -0.15) is 0 Å². The Kier molecular flexibility index (Phi) is 7.53. The Morgan fingerprint density at radius 1 is 1.38 bits per heavy atom. The van der Waals surface area contributed by atoms with Crippen LogP contribution in [-0.2, 0) is 9.59 Å². The molecule has 0 spiro atoms. The fourth-order valence-electron chi connectivity index (χ4n) is 2.44. The molecule has 9 heteroatoms. The number of carbonyl (C=O) groups excluding carboxylic acids is 2. The molecule has 1 aromatic rings. The second kappa shape index (κ2) is 8.91. The fraction of sp³-hybridized carbons (Fsp3) is 0.467. The van der Waals surface area contributed by atoms with Crippen molar-refractivity contribution in [1.82, 2.24) is 10.2 Å². The van der Waals surface area contributed by atoms with Crippen molar-refractivity contribution in [1.29, 1.82) is 0 Å². The largest absolute Gasteiger partial charge is 0.392 e. The van der Waals surface area contributed by atoms with Gasteiger partial charge in [0.1, 0.15) is 17.3 Å². The number of carbonyl (C=O) groups is 2. The van der Waals surface area contributed by atoms with Gasteiger partial charge in [0.15, 0.2) is 0 Å². The monoisotopic (exact) mass is 363 g/mol. The molecule has 3 N–H and O–H groups in total. The normalized spacial score (nSPS) is 19.5. The molecule has 1 aliphatic rings. The molecule has 1 fully saturated rings. The average molecular weight is 364 g/mol. The fourth-order valence-corrected chi connectivity index (χ4v) is 2.44. The summed E-state index contributed by atoms with van der Waals surface area (Å²) < 4.78 is 27.0. The third-order valence-electron chi connectivity index (χ3n) is 3.66. The van der Waals surface area contributed by atoms with Crippen LogP contribution in [0.25, 0.3) is 0 Å². The number of hydrogen-bond acceptors (Lipinski definition) is 4. The Morgan fingerprint density at radius 3 is 2.50 bits per heavy atom. The minimum atomic E-state index is -0.881. The molecule has 1 heterocycles. The molecule has 2 unspecified atom stereocenters. The van der Waals surface area contributed by atoms with Gasteiger partial charge in [0.25, 0.3) is 0 Å². The highest BCUT2D eigenvalue weighted by molar-refractivity contribution is 5.95. The van der Waals surface area contributed by atoms with E-state index >= 15 is 0 Å². The van der Waals surface area contributed by atoms with Crippen LogP contribution >= 0.6 is 12.4 Å². The summed E-state index contributed by atoms with van der Waals surface area (Å²) in [5, 5.41) is 14.5. The standard InChI is InChI=1S/C15H19F2N3O3.ClH/c1-2-20(15(23)12-6-9(21)7-18-12)8-13(22)19-14-10(16)4-3-5-11(14)17;/h3-5,9,12,18,21H,2,6-8H2,1H3,(H,19,22);1H. The second-order valence-corrected chi connectivity index (χ2v) is 5.35. The Morgan fingerprint density at radius 2 is 2.00 bits per heavy atom.